The first-order chi connectivity index (χ1) is 5.99. The lowest BCUT2D eigenvalue weighted by Gasteiger charge is -2.18. The standard InChI is InChI=1S/C5H10N2O4S2/c1-6-13(10,11)7-3-12-2-4(7)5(8)9/h4,6H,2-3H2,1H3,(H,8,9). The summed E-state index contributed by atoms with van der Waals surface area (Å²) in [4.78, 5) is 10.6. The third-order valence-electron chi connectivity index (χ3n) is 1.69. The van der Waals surface area contributed by atoms with Gasteiger partial charge in [-0.25, -0.2) is 4.72 Å². The van der Waals surface area contributed by atoms with E-state index >= 15 is 0 Å². The minimum atomic E-state index is -3.61. The Balaban J connectivity index is 2.86. The molecule has 6 nitrogen and oxygen atoms in total. The lowest BCUT2D eigenvalue weighted by Crippen LogP contribution is -2.46. The fraction of sp³-hybridized carbons (Fsp3) is 0.800. The lowest BCUT2D eigenvalue weighted by atomic mass is 10.4. The summed E-state index contributed by atoms with van der Waals surface area (Å²) in [5, 5.41) is 8.70. The Morgan fingerprint density at radius 1 is 1.69 bits per heavy atom. The molecule has 2 N–H and O–H groups in total. The molecule has 0 bridgehead atoms. The first kappa shape index (κ1) is 10.8. The minimum absolute atomic E-state index is 0.195. The van der Waals surface area contributed by atoms with Crippen LogP contribution in [0.1, 0.15) is 0 Å². The second-order valence-corrected chi connectivity index (χ2v) is 5.28. The van der Waals surface area contributed by atoms with E-state index in [4.69, 9.17) is 5.11 Å². The van der Waals surface area contributed by atoms with Crippen LogP contribution in [0, 0.1) is 0 Å². The summed E-state index contributed by atoms with van der Waals surface area (Å²) in [5.74, 6) is -0.611. The number of nitrogens with zero attached hydrogens (tertiary/aromatic N) is 1. The van der Waals surface area contributed by atoms with Crippen molar-refractivity contribution in [3.63, 3.8) is 0 Å². The van der Waals surface area contributed by atoms with Gasteiger partial charge in [0.1, 0.15) is 6.04 Å². The highest BCUT2D eigenvalue weighted by Gasteiger charge is 2.38. The van der Waals surface area contributed by atoms with Gasteiger partial charge in [0.05, 0.1) is 5.88 Å². The highest BCUT2D eigenvalue weighted by molar-refractivity contribution is 8.00. The van der Waals surface area contributed by atoms with Gasteiger partial charge in [0, 0.05) is 12.8 Å². The van der Waals surface area contributed by atoms with Crippen LogP contribution in [0.3, 0.4) is 0 Å². The fourth-order valence-corrected chi connectivity index (χ4v) is 3.59. The van der Waals surface area contributed by atoms with Crippen LogP contribution in [0.2, 0.25) is 0 Å². The fourth-order valence-electron chi connectivity index (χ4n) is 0.976. The van der Waals surface area contributed by atoms with Crippen molar-refractivity contribution >= 4 is 27.9 Å². The molecule has 8 heteroatoms. The number of rotatable bonds is 3. The van der Waals surface area contributed by atoms with Crippen molar-refractivity contribution in [1.82, 2.24) is 9.03 Å². The second-order valence-electron chi connectivity index (χ2n) is 2.45. The molecular weight excluding hydrogens is 216 g/mol. The molecule has 0 aromatic rings. The Kier molecular flexibility index (Phi) is 3.17. The van der Waals surface area contributed by atoms with Gasteiger partial charge in [-0.2, -0.15) is 12.7 Å². The van der Waals surface area contributed by atoms with E-state index in [0.717, 1.165) is 4.31 Å². The molecule has 1 heterocycles. The van der Waals surface area contributed by atoms with Gasteiger partial charge in [0.25, 0.3) is 10.2 Å². The number of thioether (sulfide) groups is 1. The molecule has 1 fully saturated rings. The van der Waals surface area contributed by atoms with Gasteiger partial charge in [0.15, 0.2) is 0 Å². The average Bonchev–Trinajstić information content (AvgIpc) is 2.52. The van der Waals surface area contributed by atoms with Crippen LogP contribution in [0.5, 0.6) is 0 Å². The molecule has 1 unspecified atom stereocenters. The summed E-state index contributed by atoms with van der Waals surface area (Å²) in [5.41, 5.74) is 0. The van der Waals surface area contributed by atoms with Crippen molar-refractivity contribution in [3.8, 4) is 0 Å². The van der Waals surface area contributed by atoms with Crippen molar-refractivity contribution < 1.29 is 18.3 Å². The quantitative estimate of drug-likeness (QED) is 0.638. The van der Waals surface area contributed by atoms with E-state index in [1.165, 1.54) is 18.8 Å². The minimum Gasteiger partial charge on any atom is -0.480 e. The molecule has 0 saturated carbocycles. The van der Waals surface area contributed by atoms with Crippen LogP contribution in [0.4, 0.5) is 0 Å². The van der Waals surface area contributed by atoms with Crippen LogP contribution in [0.15, 0.2) is 0 Å². The van der Waals surface area contributed by atoms with Crippen LogP contribution in [-0.4, -0.2) is 48.5 Å². The normalized spacial score (nSPS) is 24.8. The number of carbonyl (C=O) groups is 1. The number of carboxylic acids is 1. The molecule has 0 aliphatic carbocycles. The van der Waals surface area contributed by atoms with E-state index in [0.29, 0.717) is 5.75 Å². The van der Waals surface area contributed by atoms with E-state index in [2.05, 4.69) is 4.72 Å². The molecule has 1 atom stereocenters. The maximum absolute atomic E-state index is 11.3. The van der Waals surface area contributed by atoms with Crippen LogP contribution in [0.25, 0.3) is 0 Å². The van der Waals surface area contributed by atoms with E-state index in [1.54, 1.807) is 0 Å². The topological polar surface area (TPSA) is 86.7 Å². The van der Waals surface area contributed by atoms with Crippen molar-refractivity contribution in [1.29, 1.82) is 0 Å². The van der Waals surface area contributed by atoms with Gasteiger partial charge in [0.2, 0.25) is 0 Å². The zero-order valence-corrected chi connectivity index (χ0v) is 8.56. The van der Waals surface area contributed by atoms with Gasteiger partial charge in [-0.05, 0) is 0 Å². The summed E-state index contributed by atoms with van der Waals surface area (Å²) in [6.45, 7) is 0. The Bertz CT molecular complexity index is 302. The van der Waals surface area contributed by atoms with E-state index < -0.39 is 22.2 Å². The Hall–Kier alpha value is -0.310. The van der Waals surface area contributed by atoms with Crippen molar-refractivity contribution in [2.24, 2.45) is 0 Å². The van der Waals surface area contributed by atoms with Crippen molar-refractivity contribution in [2.75, 3.05) is 18.7 Å². The van der Waals surface area contributed by atoms with Gasteiger partial charge in [-0.15, -0.1) is 11.8 Å². The SMILES string of the molecule is CNS(=O)(=O)N1CSCC1C(=O)O. The molecule has 0 aromatic carbocycles. The van der Waals surface area contributed by atoms with Crippen LogP contribution >= 0.6 is 11.8 Å². The number of hydrogen-bond acceptors (Lipinski definition) is 4. The zero-order valence-electron chi connectivity index (χ0n) is 6.93. The van der Waals surface area contributed by atoms with Crippen molar-refractivity contribution in [3.05, 3.63) is 0 Å². The molecular formula is C5H10N2O4S2. The van der Waals surface area contributed by atoms with Gasteiger partial charge in [-0.3, -0.25) is 4.79 Å². The highest BCUT2D eigenvalue weighted by atomic mass is 32.2. The number of hydrogen-bond donors (Lipinski definition) is 2. The molecule has 76 valence electrons. The Morgan fingerprint density at radius 3 is 2.77 bits per heavy atom. The molecule has 1 aliphatic rings. The molecule has 0 spiro atoms. The second kappa shape index (κ2) is 3.82. The van der Waals surface area contributed by atoms with E-state index in [9.17, 15) is 13.2 Å². The van der Waals surface area contributed by atoms with E-state index in [-0.39, 0.29) is 5.88 Å². The van der Waals surface area contributed by atoms with Gasteiger partial charge in [-0.1, -0.05) is 0 Å². The number of carboxylic acid groups (broad SMARTS) is 1. The van der Waals surface area contributed by atoms with Gasteiger partial charge >= 0.3 is 5.97 Å². The van der Waals surface area contributed by atoms with Gasteiger partial charge < -0.3 is 5.11 Å². The molecule has 13 heavy (non-hydrogen) atoms. The molecule has 0 aromatic heterocycles. The summed E-state index contributed by atoms with van der Waals surface area (Å²) in [6, 6.07) is -0.942. The zero-order chi connectivity index (χ0) is 10.1. The summed E-state index contributed by atoms with van der Waals surface area (Å²) >= 11 is 1.29. The first-order valence-corrected chi connectivity index (χ1v) is 6.09. The average molecular weight is 226 g/mol. The third kappa shape index (κ3) is 2.13. The maximum Gasteiger partial charge on any atom is 0.322 e. The smallest absolute Gasteiger partial charge is 0.322 e. The largest absolute Gasteiger partial charge is 0.480 e. The van der Waals surface area contributed by atoms with Crippen LogP contribution in [-0.2, 0) is 15.0 Å². The molecule has 1 aliphatic heterocycles. The molecule has 1 saturated heterocycles. The predicted octanol–water partition coefficient (Wildman–Crippen LogP) is -1.09. The Morgan fingerprint density at radius 2 is 2.31 bits per heavy atom. The summed E-state index contributed by atoms with van der Waals surface area (Å²) < 4.78 is 25.5. The van der Waals surface area contributed by atoms with E-state index in [1.807, 2.05) is 0 Å². The van der Waals surface area contributed by atoms with Crippen LogP contribution < -0.4 is 4.72 Å². The maximum atomic E-state index is 11.3. The summed E-state index contributed by atoms with van der Waals surface area (Å²) in [7, 11) is -2.35. The molecule has 0 radical (unpaired) electrons. The number of nitrogens with one attached hydrogen (secondary N) is 1. The highest BCUT2D eigenvalue weighted by Crippen LogP contribution is 2.23. The first-order valence-electron chi connectivity index (χ1n) is 3.50. The monoisotopic (exact) mass is 226 g/mol. The van der Waals surface area contributed by atoms with Crippen molar-refractivity contribution in [2.45, 2.75) is 6.04 Å². The predicted molar refractivity (Wildman–Crippen MR) is 48.6 cm³/mol. The molecule has 1 rings (SSSR count). The molecule has 0 amide bonds. The Labute approximate surface area is 80.5 Å². The summed E-state index contributed by atoms with van der Waals surface area (Å²) in [6.07, 6.45) is 0. The number of aliphatic carboxylic acids is 1. The lowest BCUT2D eigenvalue weighted by molar-refractivity contribution is -0.140. The third-order valence-corrected chi connectivity index (χ3v) is 4.39.